The van der Waals surface area contributed by atoms with Crippen molar-refractivity contribution in [3.8, 4) is 0 Å². The zero-order chi connectivity index (χ0) is 18.0. The van der Waals surface area contributed by atoms with Crippen LogP contribution in [0.3, 0.4) is 0 Å². The molecule has 26 heavy (non-hydrogen) atoms. The van der Waals surface area contributed by atoms with Crippen molar-refractivity contribution in [2.75, 3.05) is 10.6 Å². The SMILES string of the molecule is O=C(O)c1cccc(CN=C2Nc3ccccc3NC23CCCCC3)c1. The molecule has 5 nitrogen and oxygen atoms in total. The molecule has 1 spiro atoms. The molecular weight excluding hydrogens is 326 g/mol. The Kier molecular flexibility index (Phi) is 4.37. The Bertz CT molecular complexity index is 854. The maximum absolute atomic E-state index is 11.2. The van der Waals surface area contributed by atoms with Crippen LogP contribution in [0.1, 0.15) is 48.0 Å². The average molecular weight is 349 g/mol. The molecule has 5 heteroatoms. The Morgan fingerprint density at radius 1 is 1.04 bits per heavy atom. The first kappa shape index (κ1) is 16.6. The molecule has 3 N–H and O–H groups in total. The van der Waals surface area contributed by atoms with Crippen LogP contribution in [0.4, 0.5) is 11.4 Å². The van der Waals surface area contributed by atoms with Crippen LogP contribution in [0.25, 0.3) is 0 Å². The van der Waals surface area contributed by atoms with E-state index in [1.165, 1.54) is 19.3 Å². The number of nitrogens with one attached hydrogen (secondary N) is 2. The Morgan fingerprint density at radius 3 is 2.58 bits per heavy atom. The molecule has 2 aromatic carbocycles. The van der Waals surface area contributed by atoms with E-state index in [0.717, 1.165) is 35.6 Å². The zero-order valence-electron chi connectivity index (χ0n) is 14.7. The van der Waals surface area contributed by atoms with Crippen LogP contribution >= 0.6 is 0 Å². The van der Waals surface area contributed by atoms with Crippen molar-refractivity contribution >= 4 is 23.2 Å². The number of para-hydroxylation sites is 2. The zero-order valence-corrected chi connectivity index (χ0v) is 14.7. The monoisotopic (exact) mass is 349 g/mol. The molecule has 134 valence electrons. The fourth-order valence-corrected chi connectivity index (χ4v) is 3.95. The lowest BCUT2D eigenvalue weighted by molar-refractivity contribution is 0.0696. The maximum Gasteiger partial charge on any atom is 0.335 e. The molecular formula is C21H23N3O2. The number of anilines is 2. The smallest absolute Gasteiger partial charge is 0.335 e. The second kappa shape index (κ2) is 6.83. The fourth-order valence-electron chi connectivity index (χ4n) is 3.95. The summed E-state index contributed by atoms with van der Waals surface area (Å²) in [7, 11) is 0. The van der Waals surface area contributed by atoms with Gasteiger partial charge in [-0.25, -0.2) is 4.79 Å². The minimum atomic E-state index is -0.908. The molecule has 2 aromatic rings. The van der Waals surface area contributed by atoms with Crippen LogP contribution < -0.4 is 10.6 Å². The molecule has 1 aliphatic heterocycles. The number of aromatic carboxylic acids is 1. The molecule has 1 heterocycles. The molecule has 0 atom stereocenters. The summed E-state index contributed by atoms with van der Waals surface area (Å²) in [5.41, 5.74) is 3.24. The van der Waals surface area contributed by atoms with E-state index in [2.05, 4.69) is 22.8 Å². The van der Waals surface area contributed by atoms with Crippen molar-refractivity contribution in [3.63, 3.8) is 0 Å². The average Bonchev–Trinajstić information content (AvgIpc) is 2.67. The molecule has 1 fully saturated rings. The Morgan fingerprint density at radius 2 is 1.81 bits per heavy atom. The van der Waals surface area contributed by atoms with Gasteiger partial charge in [-0.15, -0.1) is 0 Å². The number of amidine groups is 1. The first-order chi connectivity index (χ1) is 12.7. The van der Waals surface area contributed by atoms with E-state index in [0.29, 0.717) is 12.1 Å². The van der Waals surface area contributed by atoms with Crippen molar-refractivity contribution in [2.45, 2.75) is 44.2 Å². The summed E-state index contributed by atoms with van der Waals surface area (Å²) in [6.45, 7) is 0.467. The van der Waals surface area contributed by atoms with Crippen LogP contribution in [-0.4, -0.2) is 22.5 Å². The number of carboxylic acid groups (broad SMARTS) is 1. The summed E-state index contributed by atoms with van der Waals surface area (Å²) in [6.07, 6.45) is 5.75. The molecule has 0 bridgehead atoms. The van der Waals surface area contributed by atoms with Gasteiger partial charge in [0.1, 0.15) is 5.84 Å². The predicted molar refractivity (Wildman–Crippen MR) is 104 cm³/mol. The highest BCUT2D eigenvalue weighted by atomic mass is 16.4. The molecule has 1 saturated carbocycles. The third kappa shape index (κ3) is 3.17. The van der Waals surface area contributed by atoms with E-state index >= 15 is 0 Å². The second-order valence-corrected chi connectivity index (χ2v) is 7.11. The van der Waals surface area contributed by atoms with E-state index in [9.17, 15) is 9.90 Å². The Hall–Kier alpha value is -2.82. The van der Waals surface area contributed by atoms with Crippen molar-refractivity contribution < 1.29 is 9.90 Å². The topological polar surface area (TPSA) is 73.7 Å². The lowest BCUT2D eigenvalue weighted by Gasteiger charge is -2.44. The van der Waals surface area contributed by atoms with Crippen LogP contribution in [0.5, 0.6) is 0 Å². The third-order valence-electron chi connectivity index (χ3n) is 5.31. The van der Waals surface area contributed by atoms with Crippen LogP contribution in [0, 0.1) is 0 Å². The summed E-state index contributed by atoms with van der Waals surface area (Å²) in [5.74, 6) is 0.0614. The summed E-state index contributed by atoms with van der Waals surface area (Å²) >= 11 is 0. The normalized spacial score (nSPS) is 19.5. The largest absolute Gasteiger partial charge is 0.478 e. The van der Waals surface area contributed by atoms with Crippen LogP contribution in [0.15, 0.2) is 53.5 Å². The summed E-state index contributed by atoms with van der Waals surface area (Å²) < 4.78 is 0. The van der Waals surface area contributed by atoms with Crippen LogP contribution in [0.2, 0.25) is 0 Å². The minimum absolute atomic E-state index is 0.142. The van der Waals surface area contributed by atoms with Gasteiger partial charge in [0.15, 0.2) is 0 Å². The lowest BCUT2D eigenvalue weighted by Crippen LogP contribution is -2.53. The number of nitrogens with zero attached hydrogens (tertiary/aromatic N) is 1. The number of fused-ring (bicyclic) bond motifs is 1. The number of carboxylic acids is 1. The molecule has 4 rings (SSSR count). The first-order valence-electron chi connectivity index (χ1n) is 9.18. The van der Waals surface area contributed by atoms with Crippen molar-refractivity contribution in [3.05, 3.63) is 59.7 Å². The quantitative estimate of drug-likeness (QED) is 0.761. The van der Waals surface area contributed by atoms with Gasteiger partial charge in [-0.3, -0.25) is 4.99 Å². The van der Waals surface area contributed by atoms with E-state index < -0.39 is 5.97 Å². The molecule has 0 radical (unpaired) electrons. The molecule has 0 amide bonds. The standard InChI is InChI=1S/C21H23N3O2/c25-19(26)16-8-6-7-15(13-16)14-22-20-21(11-4-1-5-12-21)24-18-10-3-2-9-17(18)23-20/h2-3,6-10,13,24H,1,4-5,11-12,14H2,(H,22,23)(H,25,26). The van der Waals surface area contributed by atoms with Crippen LogP contribution in [-0.2, 0) is 6.54 Å². The lowest BCUT2D eigenvalue weighted by atomic mass is 9.79. The number of benzene rings is 2. The highest BCUT2D eigenvalue weighted by Gasteiger charge is 2.40. The first-order valence-corrected chi connectivity index (χ1v) is 9.18. The predicted octanol–water partition coefficient (Wildman–Crippen LogP) is 4.52. The van der Waals surface area contributed by atoms with E-state index in [1.807, 2.05) is 18.2 Å². The van der Waals surface area contributed by atoms with Gasteiger partial charge in [0.05, 0.1) is 29.0 Å². The molecule has 2 aliphatic rings. The molecule has 0 saturated heterocycles. The summed E-state index contributed by atoms with van der Waals surface area (Å²) in [6, 6.07) is 15.2. The van der Waals surface area contributed by atoms with Gasteiger partial charge < -0.3 is 15.7 Å². The minimum Gasteiger partial charge on any atom is -0.478 e. The number of aliphatic imine (C=N–C) groups is 1. The third-order valence-corrected chi connectivity index (χ3v) is 5.31. The maximum atomic E-state index is 11.2. The number of hydrogen-bond donors (Lipinski definition) is 3. The highest BCUT2D eigenvalue weighted by Crippen LogP contribution is 2.39. The van der Waals surface area contributed by atoms with Gasteiger partial charge in [0, 0.05) is 0 Å². The number of carbonyl (C=O) groups is 1. The van der Waals surface area contributed by atoms with Crippen molar-refractivity contribution in [1.29, 1.82) is 0 Å². The van der Waals surface area contributed by atoms with E-state index in [4.69, 9.17) is 4.99 Å². The van der Waals surface area contributed by atoms with Gasteiger partial charge in [0.25, 0.3) is 0 Å². The molecule has 0 aromatic heterocycles. The van der Waals surface area contributed by atoms with Gasteiger partial charge in [0.2, 0.25) is 0 Å². The highest BCUT2D eigenvalue weighted by molar-refractivity contribution is 6.09. The fraction of sp³-hybridized carbons (Fsp3) is 0.333. The number of hydrogen-bond acceptors (Lipinski definition) is 3. The van der Waals surface area contributed by atoms with Crippen molar-refractivity contribution in [1.82, 2.24) is 0 Å². The van der Waals surface area contributed by atoms with Gasteiger partial charge in [-0.05, 0) is 42.7 Å². The second-order valence-electron chi connectivity index (χ2n) is 7.11. The summed E-state index contributed by atoms with van der Waals surface area (Å²) in [4.78, 5) is 16.1. The number of rotatable bonds is 3. The van der Waals surface area contributed by atoms with Gasteiger partial charge in [-0.1, -0.05) is 43.5 Å². The van der Waals surface area contributed by atoms with E-state index in [-0.39, 0.29) is 5.54 Å². The summed E-state index contributed by atoms with van der Waals surface area (Å²) in [5, 5.41) is 16.5. The van der Waals surface area contributed by atoms with Gasteiger partial charge >= 0.3 is 5.97 Å². The Labute approximate surface area is 153 Å². The Balaban J connectivity index is 1.65. The molecule has 0 unspecified atom stereocenters. The van der Waals surface area contributed by atoms with Gasteiger partial charge in [-0.2, -0.15) is 0 Å². The van der Waals surface area contributed by atoms with E-state index in [1.54, 1.807) is 18.2 Å². The molecule has 1 aliphatic carbocycles. The van der Waals surface area contributed by atoms with Crippen molar-refractivity contribution in [2.24, 2.45) is 4.99 Å².